The van der Waals surface area contributed by atoms with Crippen LogP contribution in [0.1, 0.15) is 36.8 Å². The van der Waals surface area contributed by atoms with E-state index in [9.17, 15) is 19.2 Å². The van der Waals surface area contributed by atoms with E-state index < -0.39 is 17.8 Å². The van der Waals surface area contributed by atoms with E-state index >= 15 is 0 Å². The molecule has 0 spiro atoms. The standard InChI is InChI=1S/C24H15N3O5/c28-21-13-16(25-20-7-3-4-12-26(20)21)14-32-24(31)15-8-10-17(11-9-15)27-22(29)18-5-1-2-6-19(18)23(27)30/h1-13H,14H2. The maximum absolute atomic E-state index is 12.6. The normalized spacial score (nSPS) is 12.8. The highest BCUT2D eigenvalue weighted by Crippen LogP contribution is 2.28. The van der Waals surface area contributed by atoms with Gasteiger partial charge in [0.05, 0.1) is 28.1 Å². The molecule has 0 saturated carbocycles. The molecule has 0 saturated heterocycles. The van der Waals surface area contributed by atoms with Crippen LogP contribution in [0.3, 0.4) is 0 Å². The smallest absolute Gasteiger partial charge is 0.338 e. The third kappa shape index (κ3) is 3.24. The topological polar surface area (TPSA) is 98.1 Å². The summed E-state index contributed by atoms with van der Waals surface area (Å²) < 4.78 is 6.67. The van der Waals surface area contributed by atoms with Crippen LogP contribution in [-0.2, 0) is 11.3 Å². The predicted octanol–water partition coefficient (Wildman–Crippen LogP) is 2.85. The van der Waals surface area contributed by atoms with Gasteiger partial charge in [-0.3, -0.25) is 18.8 Å². The molecule has 2 aromatic heterocycles. The average Bonchev–Trinajstić information content (AvgIpc) is 3.08. The van der Waals surface area contributed by atoms with Crippen molar-refractivity contribution < 1.29 is 19.1 Å². The number of aromatic nitrogens is 2. The van der Waals surface area contributed by atoms with Gasteiger partial charge in [-0.15, -0.1) is 0 Å². The van der Waals surface area contributed by atoms with Crippen molar-refractivity contribution >= 4 is 29.1 Å². The van der Waals surface area contributed by atoms with Crippen LogP contribution in [0.25, 0.3) is 5.65 Å². The number of benzene rings is 2. The largest absolute Gasteiger partial charge is 0.456 e. The van der Waals surface area contributed by atoms with Crippen molar-refractivity contribution in [2.24, 2.45) is 0 Å². The lowest BCUT2D eigenvalue weighted by atomic mass is 10.1. The molecule has 1 aliphatic heterocycles. The highest BCUT2D eigenvalue weighted by atomic mass is 16.5. The summed E-state index contributed by atoms with van der Waals surface area (Å²) in [6.45, 7) is -0.167. The van der Waals surface area contributed by atoms with Gasteiger partial charge in [-0.2, -0.15) is 0 Å². The average molecular weight is 425 g/mol. The number of pyridine rings is 1. The van der Waals surface area contributed by atoms with Gasteiger partial charge in [-0.1, -0.05) is 18.2 Å². The van der Waals surface area contributed by atoms with E-state index in [1.54, 1.807) is 48.7 Å². The first kappa shape index (κ1) is 19.4. The van der Waals surface area contributed by atoms with E-state index in [-0.39, 0.29) is 17.7 Å². The van der Waals surface area contributed by atoms with Crippen LogP contribution < -0.4 is 10.5 Å². The minimum absolute atomic E-state index is 0.167. The SMILES string of the molecule is O=C(OCc1cc(=O)n2ccccc2n1)c1ccc(N2C(=O)c3ccccc3C2=O)cc1. The first-order valence-electron chi connectivity index (χ1n) is 9.75. The minimum Gasteiger partial charge on any atom is -0.456 e. The quantitative estimate of drug-likeness (QED) is 0.368. The monoisotopic (exact) mass is 425 g/mol. The molecule has 32 heavy (non-hydrogen) atoms. The Labute approximate surface area is 181 Å². The number of hydrogen-bond donors (Lipinski definition) is 0. The summed E-state index contributed by atoms with van der Waals surface area (Å²) in [5.41, 5.74) is 1.81. The van der Waals surface area contributed by atoms with E-state index in [0.29, 0.717) is 28.2 Å². The minimum atomic E-state index is -0.617. The molecule has 0 radical (unpaired) electrons. The van der Waals surface area contributed by atoms with Gasteiger partial charge in [0, 0.05) is 12.3 Å². The highest BCUT2D eigenvalue weighted by Gasteiger charge is 2.36. The summed E-state index contributed by atoms with van der Waals surface area (Å²) in [7, 11) is 0. The fourth-order valence-corrected chi connectivity index (χ4v) is 3.57. The molecule has 0 unspecified atom stereocenters. The lowest BCUT2D eigenvalue weighted by Gasteiger charge is -2.14. The molecule has 5 rings (SSSR count). The number of rotatable bonds is 4. The second kappa shape index (κ2) is 7.59. The van der Waals surface area contributed by atoms with Crippen LogP contribution >= 0.6 is 0 Å². The van der Waals surface area contributed by atoms with Crippen molar-refractivity contribution in [2.45, 2.75) is 6.61 Å². The van der Waals surface area contributed by atoms with Gasteiger partial charge in [0.25, 0.3) is 17.4 Å². The van der Waals surface area contributed by atoms with Crippen molar-refractivity contribution in [2.75, 3.05) is 4.90 Å². The molecule has 4 aromatic rings. The second-order valence-corrected chi connectivity index (χ2v) is 7.13. The molecule has 0 atom stereocenters. The molecular formula is C24H15N3O5. The van der Waals surface area contributed by atoms with Gasteiger partial charge in [0.2, 0.25) is 0 Å². The van der Waals surface area contributed by atoms with Gasteiger partial charge in [-0.25, -0.2) is 14.7 Å². The first-order chi connectivity index (χ1) is 15.5. The molecule has 8 heteroatoms. The Balaban J connectivity index is 1.31. The molecule has 1 aliphatic rings. The fraction of sp³-hybridized carbons (Fsp3) is 0.0417. The number of hydrogen-bond acceptors (Lipinski definition) is 6. The van der Waals surface area contributed by atoms with Gasteiger partial charge in [-0.05, 0) is 48.5 Å². The molecular weight excluding hydrogens is 410 g/mol. The molecule has 0 aliphatic carbocycles. The lowest BCUT2D eigenvalue weighted by Crippen LogP contribution is -2.29. The van der Waals surface area contributed by atoms with Crippen LogP contribution in [0, 0.1) is 0 Å². The third-order valence-electron chi connectivity index (χ3n) is 5.13. The number of carbonyl (C=O) groups is 3. The maximum Gasteiger partial charge on any atom is 0.338 e. The number of carbonyl (C=O) groups excluding carboxylic acids is 3. The van der Waals surface area contributed by atoms with Crippen LogP contribution in [0.4, 0.5) is 5.69 Å². The Kier molecular flexibility index (Phi) is 4.59. The summed E-state index contributed by atoms with van der Waals surface area (Å²) in [4.78, 5) is 55.1. The summed E-state index contributed by atoms with van der Waals surface area (Å²) >= 11 is 0. The van der Waals surface area contributed by atoms with Crippen LogP contribution in [-0.4, -0.2) is 27.2 Å². The van der Waals surface area contributed by atoms with E-state index in [2.05, 4.69) is 4.98 Å². The molecule has 0 fully saturated rings. The summed E-state index contributed by atoms with van der Waals surface area (Å²) in [6.07, 6.45) is 1.61. The Morgan fingerprint density at radius 3 is 2.19 bits per heavy atom. The van der Waals surface area contributed by atoms with E-state index in [1.807, 2.05) is 0 Å². The van der Waals surface area contributed by atoms with Crippen molar-refractivity contribution in [3.63, 3.8) is 0 Å². The zero-order valence-electron chi connectivity index (χ0n) is 16.6. The van der Waals surface area contributed by atoms with Crippen molar-refractivity contribution in [3.8, 4) is 0 Å². The molecule has 0 bridgehead atoms. The molecule has 3 heterocycles. The van der Waals surface area contributed by atoms with Crippen LogP contribution in [0.5, 0.6) is 0 Å². The molecule has 156 valence electrons. The maximum atomic E-state index is 12.6. The number of ether oxygens (including phenoxy) is 1. The van der Waals surface area contributed by atoms with Crippen molar-refractivity contribution in [1.82, 2.24) is 9.38 Å². The number of nitrogens with zero attached hydrogens (tertiary/aromatic N) is 3. The van der Waals surface area contributed by atoms with Crippen LogP contribution in [0.15, 0.2) is 83.8 Å². The molecule has 2 aromatic carbocycles. The number of amides is 2. The van der Waals surface area contributed by atoms with Gasteiger partial charge in [0.1, 0.15) is 12.3 Å². The lowest BCUT2D eigenvalue weighted by molar-refractivity contribution is 0.0467. The Morgan fingerprint density at radius 2 is 1.50 bits per heavy atom. The van der Waals surface area contributed by atoms with Crippen molar-refractivity contribution in [3.05, 3.63) is 112 Å². The Hall–Kier alpha value is -4.59. The van der Waals surface area contributed by atoms with Crippen molar-refractivity contribution in [1.29, 1.82) is 0 Å². The molecule has 8 nitrogen and oxygen atoms in total. The zero-order valence-corrected chi connectivity index (χ0v) is 16.6. The summed E-state index contributed by atoms with van der Waals surface area (Å²) in [5, 5.41) is 0. The van der Waals surface area contributed by atoms with E-state index in [0.717, 1.165) is 4.90 Å². The first-order valence-corrected chi connectivity index (χ1v) is 9.75. The number of esters is 1. The summed E-state index contributed by atoms with van der Waals surface area (Å²) in [5.74, 6) is -1.43. The number of fused-ring (bicyclic) bond motifs is 2. The second-order valence-electron chi connectivity index (χ2n) is 7.13. The van der Waals surface area contributed by atoms with E-state index in [4.69, 9.17) is 4.74 Å². The fourth-order valence-electron chi connectivity index (χ4n) is 3.57. The number of imide groups is 1. The summed E-state index contributed by atoms with van der Waals surface area (Å²) in [6, 6.07) is 19.1. The Bertz CT molecular complexity index is 1420. The predicted molar refractivity (Wildman–Crippen MR) is 115 cm³/mol. The third-order valence-corrected chi connectivity index (χ3v) is 5.13. The number of anilines is 1. The van der Waals surface area contributed by atoms with Gasteiger partial charge >= 0.3 is 5.97 Å². The van der Waals surface area contributed by atoms with Gasteiger partial charge in [0.15, 0.2) is 0 Å². The zero-order chi connectivity index (χ0) is 22.2. The highest BCUT2D eigenvalue weighted by molar-refractivity contribution is 6.34. The van der Waals surface area contributed by atoms with Crippen LogP contribution in [0.2, 0.25) is 0 Å². The molecule has 2 amide bonds. The van der Waals surface area contributed by atoms with E-state index in [1.165, 1.54) is 34.7 Å². The Morgan fingerprint density at radius 1 is 0.844 bits per heavy atom. The van der Waals surface area contributed by atoms with Gasteiger partial charge < -0.3 is 4.74 Å². The molecule has 0 N–H and O–H groups in total.